The van der Waals surface area contributed by atoms with E-state index in [2.05, 4.69) is 6.07 Å². The molecule has 0 aliphatic heterocycles. The van der Waals surface area contributed by atoms with Gasteiger partial charge in [0.1, 0.15) is 11.8 Å². The van der Waals surface area contributed by atoms with Crippen LogP contribution in [0.1, 0.15) is 21.6 Å². The summed E-state index contributed by atoms with van der Waals surface area (Å²) in [7, 11) is 0. The van der Waals surface area contributed by atoms with E-state index in [0.29, 0.717) is 16.9 Å². The SMILES string of the molecule is Cc1c(C(=O)O)cccc1-n1cccc1C#N. The Bertz CT molecular complexity index is 621. The lowest BCUT2D eigenvalue weighted by molar-refractivity contribution is 0.0696. The molecule has 84 valence electrons. The Balaban J connectivity index is 2.66. The summed E-state index contributed by atoms with van der Waals surface area (Å²) in [5, 5.41) is 18.0. The average Bonchev–Trinajstić information content (AvgIpc) is 2.76. The number of hydrogen-bond donors (Lipinski definition) is 1. The van der Waals surface area contributed by atoms with Crippen LogP contribution in [-0.4, -0.2) is 15.6 Å². The Kier molecular flexibility index (Phi) is 2.67. The van der Waals surface area contributed by atoms with Crippen LogP contribution >= 0.6 is 0 Å². The van der Waals surface area contributed by atoms with Gasteiger partial charge in [-0.1, -0.05) is 6.07 Å². The third-order valence-corrected chi connectivity index (χ3v) is 2.66. The molecule has 0 unspecified atom stereocenters. The van der Waals surface area contributed by atoms with Crippen LogP contribution in [0.15, 0.2) is 36.5 Å². The smallest absolute Gasteiger partial charge is 0.336 e. The number of hydrogen-bond acceptors (Lipinski definition) is 2. The molecule has 0 saturated carbocycles. The highest BCUT2D eigenvalue weighted by Crippen LogP contribution is 2.20. The minimum absolute atomic E-state index is 0.250. The first-order chi connectivity index (χ1) is 8.15. The standard InChI is InChI=1S/C13H10N2O2/c1-9-11(13(16)17)5-2-6-12(9)15-7-3-4-10(15)8-14/h2-7H,1H3,(H,16,17). The third-order valence-electron chi connectivity index (χ3n) is 2.66. The van der Waals surface area contributed by atoms with E-state index in [-0.39, 0.29) is 5.56 Å². The number of benzene rings is 1. The van der Waals surface area contributed by atoms with Crippen LogP contribution in [0.4, 0.5) is 0 Å². The van der Waals surface area contributed by atoms with Crippen molar-refractivity contribution >= 4 is 5.97 Å². The van der Waals surface area contributed by atoms with Gasteiger partial charge >= 0.3 is 5.97 Å². The molecule has 0 atom stereocenters. The van der Waals surface area contributed by atoms with Gasteiger partial charge in [0.2, 0.25) is 0 Å². The average molecular weight is 226 g/mol. The molecule has 0 saturated heterocycles. The van der Waals surface area contributed by atoms with Crippen LogP contribution in [0.2, 0.25) is 0 Å². The maximum Gasteiger partial charge on any atom is 0.336 e. The molecule has 4 nitrogen and oxygen atoms in total. The van der Waals surface area contributed by atoms with Crippen LogP contribution in [0.25, 0.3) is 5.69 Å². The summed E-state index contributed by atoms with van der Waals surface area (Å²) >= 11 is 0. The predicted octanol–water partition coefficient (Wildman–Crippen LogP) is 2.36. The first kappa shape index (κ1) is 11.0. The minimum Gasteiger partial charge on any atom is -0.478 e. The molecule has 1 N–H and O–H groups in total. The number of aromatic carboxylic acids is 1. The number of nitriles is 1. The van der Waals surface area contributed by atoms with Crippen molar-refractivity contribution in [3.05, 3.63) is 53.3 Å². The van der Waals surface area contributed by atoms with Crippen LogP contribution in [-0.2, 0) is 0 Å². The van der Waals surface area contributed by atoms with Crippen LogP contribution in [0.5, 0.6) is 0 Å². The van der Waals surface area contributed by atoms with Crippen molar-refractivity contribution in [1.29, 1.82) is 5.26 Å². The zero-order valence-electron chi connectivity index (χ0n) is 9.21. The molecule has 0 bridgehead atoms. The number of carbonyl (C=O) groups is 1. The summed E-state index contributed by atoms with van der Waals surface area (Å²) in [6.07, 6.45) is 1.74. The van der Waals surface area contributed by atoms with Gasteiger partial charge in [0.05, 0.1) is 5.56 Å². The van der Waals surface area contributed by atoms with Gasteiger partial charge in [-0.2, -0.15) is 5.26 Å². The lowest BCUT2D eigenvalue weighted by atomic mass is 10.1. The minimum atomic E-state index is -0.963. The molecule has 0 aliphatic rings. The summed E-state index contributed by atoms with van der Waals surface area (Å²) < 4.78 is 1.68. The van der Waals surface area contributed by atoms with Gasteiger partial charge in [0.15, 0.2) is 0 Å². The molecule has 17 heavy (non-hydrogen) atoms. The molecular formula is C13H10N2O2. The molecular weight excluding hydrogens is 216 g/mol. The third kappa shape index (κ3) is 1.79. The Labute approximate surface area is 98.4 Å². The molecule has 0 amide bonds. The van der Waals surface area contributed by atoms with Gasteiger partial charge in [0.25, 0.3) is 0 Å². The predicted molar refractivity (Wildman–Crippen MR) is 62.2 cm³/mol. The van der Waals surface area contributed by atoms with E-state index in [1.54, 1.807) is 48.0 Å². The Morgan fingerprint density at radius 2 is 2.12 bits per heavy atom. The summed E-state index contributed by atoms with van der Waals surface area (Å²) in [5.74, 6) is -0.963. The van der Waals surface area contributed by atoms with E-state index in [4.69, 9.17) is 10.4 Å². The lowest BCUT2D eigenvalue weighted by Crippen LogP contribution is -2.05. The Hall–Kier alpha value is -2.54. The van der Waals surface area contributed by atoms with Crippen LogP contribution < -0.4 is 0 Å². The highest BCUT2D eigenvalue weighted by molar-refractivity contribution is 5.90. The lowest BCUT2D eigenvalue weighted by Gasteiger charge is -2.10. The number of nitrogens with zero attached hydrogens (tertiary/aromatic N) is 2. The molecule has 0 radical (unpaired) electrons. The number of carboxylic acids is 1. The second-order valence-electron chi connectivity index (χ2n) is 3.63. The van der Waals surface area contributed by atoms with Gasteiger partial charge in [-0.15, -0.1) is 0 Å². The summed E-state index contributed by atoms with van der Waals surface area (Å²) in [6.45, 7) is 1.74. The van der Waals surface area contributed by atoms with Crippen molar-refractivity contribution in [2.75, 3.05) is 0 Å². The van der Waals surface area contributed by atoms with E-state index in [0.717, 1.165) is 0 Å². The molecule has 0 spiro atoms. The van der Waals surface area contributed by atoms with Gasteiger partial charge < -0.3 is 9.67 Å². The second-order valence-corrected chi connectivity index (χ2v) is 3.63. The molecule has 0 fully saturated rings. The molecule has 4 heteroatoms. The quantitative estimate of drug-likeness (QED) is 0.854. The molecule has 2 aromatic rings. The fourth-order valence-corrected chi connectivity index (χ4v) is 1.80. The molecule has 1 aromatic carbocycles. The van der Waals surface area contributed by atoms with E-state index in [9.17, 15) is 4.79 Å². The highest BCUT2D eigenvalue weighted by atomic mass is 16.4. The summed E-state index contributed by atoms with van der Waals surface area (Å²) in [4.78, 5) is 11.0. The van der Waals surface area contributed by atoms with Gasteiger partial charge in [-0.05, 0) is 36.8 Å². The Morgan fingerprint density at radius 3 is 2.76 bits per heavy atom. The molecule has 0 aliphatic carbocycles. The zero-order valence-corrected chi connectivity index (χ0v) is 9.21. The maximum absolute atomic E-state index is 11.0. The van der Waals surface area contributed by atoms with Crippen molar-refractivity contribution in [3.63, 3.8) is 0 Å². The van der Waals surface area contributed by atoms with Crippen molar-refractivity contribution in [1.82, 2.24) is 4.57 Å². The number of carboxylic acid groups (broad SMARTS) is 1. The van der Waals surface area contributed by atoms with Crippen molar-refractivity contribution in [2.45, 2.75) is 6.92 Å². The topological polar surface area (TPSA) is 66.0 Å². The zero-order chi connectivity index (χ0) is 12.4. The van der Waals surface area contributed by atoms with Gasteiger partial charge in [0, 0.05) is 11.9 Å². The fraction of sp³-hybridized carbons (Fsp3) is 0.0769. The Morgan fingerprint density at radius 1 is 1.35 bits per heavy atom. The van der Waals surface area contributed by atoms with Gasteiger partial charge in [-0.25, -0.2) is 4.79 Å². The summed E-state index contributed by atoms with van der Waals surface area (Å²) in [5.41, 5.74) is 2.09. The first-order valence-corrected chi connectivity index (χ1v) is 5.06. The van der Waals surface area contributed by atoms with Crippen molar-refractivity contribution in [3.8, 4) is 11.8 Å². The van der Waals surface area contributed by atoms with Crippen LogP contribution in [0.3, 0.4) is 0 Å². The highest BCUT2D eigenvalue weighted by Gasteiger charge is 2.12. The monoisotopic (exact) mass is 226 g/mol. The van der Waals surface area contributed by atoms with E-state index >= 15 is 0 Å². The van der Waals surface area contributed by atoms with E-state index < -0.39 is 5.97 Å². The van der Waals surface area contributed by atoms with Crippen molar-refractivity contribution in [2.24, 2.45) is 0 Å². The molecule has 1 heterocycles. The van der Waals surface area contributed by atoms with Crippen LogP contribution in [0, 0.1) is 18.3 Å². The van der Waals surface area contributed by atoms with E-state index in [1.807, 2.05) is 0 Å². The fourth-order valence-electron chi connectivity index (χ4n) is 1.80. The number of aromatic nitrogens is 1. The van der Waals surface area contributed by atoms with Gasteiger partial charge in [-0.3, -0.25) is 0 Å². The largest absolute Gasteiger partial charge is 0.478 e. The molecule has 1 aromatic heterocycles. The number of rotatable bonds is 2. The van der Waals surface area contributed by atoms with E-state index in [1.165, 1.54) is 0 Å². The summed E-state index contributed by atoms with van der Waals surface area (Å²) in [6, 6.07) is 10.5. The first-order valence-electron chi connectivity index (χ1n) is 5.06. The van der Waals surface area contributed by atoms with Crippen molar-refractivity contribution < 1.29 is 9.90 Å². The molecule has 2 rings (SSSR count). The second kappa shape index (κ2) is 4.14. The maximum atomic E-state index is 11.0. The normalized spacial score (nSPS) is 9.88.